The highest BCUT2D eigenvalue weighted by Crippen LogP contribution is 2.07. The van der Waals surface area contributed by atoms with E-state index in [1.54, 1.807) is 0 Å². The molecule has 1 aromatic carbocycles. The Labute approximate surface area is 145 Å². The standard InChI is InChI=1S/C19H30O5/c1-2-3-4-8-11-19(20)24-17-15-22-13-12-21-14-16-23-18-9-6-5-7-10-18/h5-7,9-10H,2-4,8,11-17H2,1H3. The molecule has 0 bridgehead atoms. The van der Waals surface area contributed by atoms with Crippen LogP contribution in [0.25, 0.3) is 0 Å². The van der Waals surface area contributed by atoms with Crippen LogP contribution < -0.4 is 4.74 Å². The number of esters is 1. The summed E-state index contributed by atoms with van der Waals surface area (Å²) in [6.07, 6.45) is 4.85. The van der Waals surface area contributed by atoms with Crippen molar-refractivity contribution in [1.82, 2.24) is 0 Å². The number of para-hydroxylation sites is 1. The minimum Gasteiger partial charge on any atom is -0.491 e. The first-order valence-corrected chi connectivity index (χ1v) is 8.82. The van der Waals surface area contributed by atoms with Crippen LogP contribution in [0.4, 0.5) is 0 Å². The van der Waals surface area contributed by atoms with Crippen molar-refractivity contribution >= 4 is 5.97 Å². The third kappa shape index (κ3) is 11.9. The largest absolute Gasteiger partial charge is 0.491 e. The molecule has 5 heteroatoms. The van der Waals surface area contributed by atoms with Gasteiger partial charge in [0.15, 0.2) is 0 Å². The molecule has 0 radical (unpaired) electrons. The molecule has 0 heterocycles. The molecule has 0 N–H and O–H groups in total. The molecule has 0 atom stereocenters. The van der Waals surface area contributed by atoms with Gasteiger partial charge in [-0.05, 0) is 18.6 Å². The summed E-state index contributed by atoms with van der Waals surface area (Å²) >= 11 is 0. The first-order chi connectivity index (χ1) is 11.8. The van der Waals surface area contributed by atoms with Crippen LogP contribution >= 0.6 is 0 Å². The van der Waals surface area contributed by atoms with Gasteiger partial charge in [0, 0.05) is 6.42 Å². The highest BCUT2D eigenvalue weighted by atomic mass is 16.6. The summed E-state index contributed by atoms with van der Waals surface area (Å²) in [5.41, 5.74) is 0. The molecule has 0 aliphatic rings. The quantitative estimate of drug-likeness (QED) is 0.361. The number of carbonyl (C=O) groups is 1. The normalized spacial score (nSPS) is 10.5. The predicted octanol–water partition coefficient (Wildman–Crippen LogP) is 3.61. The summed E-state index contributed by atoms with van der Waals surface area (Å²) in [6, 6.07) is 9.64. The molecule has 0 aliphatic carbocycles. The van der Waals surface area contributed by atoms with E-state index in [-0.39, 0.29) is 5.97 Å². The fourth-order valence-corrected chi connectivity index (χ4v) is 2.04. The predicted molar refractivity (Wildman–Crippen MR) is 93.3 cm³/mol. The topological polar surface area (TPSA) is 54.0 Å². The van der Waals surface area contributed by atoms with Crippen molar-refractivity contribution < 1.29 is 23.7 Å². The highest BCUT2D eigenvalue weighted by molar-refractivity contribution is 5.69. The highest BCUT2D eigenvalue weighted by Gasteiger charge is 2.02. The van der Waals surface area contributed by atoms with E-state index >= 15 is 0 Å². The number of ether oxygens (including phenoxy) is 4. The Morgan fingerprint density at radius 1 is 0.833 bits per heavy atom. The molecule has 5 nitrogen and oxygen atoms in total. The summed E-state index contributed by atoms with van der Waals surface area (Å²) < 4.78 is 21.3. The molecule has 1 aromatic rings. The Balaban J connectivity index is 1.79. The van der Waals surface area contributed by atoms with Gasteiger partial charge in [-0.3, -0.25) is 4.79 Å². The zero-order chi connectivity index (χ0) is 17.3. The molecule has 0 spiro atoms. The number of hydrogen-bond acceptors (Lipinski definition) is 5. The van der Waals surface area contributed by atoms with Gasteiger partial charge >= 0.3 is 5.97 Å². The van der Waals surface area contributed by atoms with Gasteiger partial charge in [0.05, 0.1) is 26.4 Å². The zero-order valence-corrected chi connectivity index (χ0v) is 14.7. The van der Waals surface area contributed by atoms with E-state index in [2.05, 4.69) is 6.92 Å². The third-order valence-electron chi connectivity index (χ3n) is 3.34. The van der Waals surface area contributed by atoms with Crippen LogP contribution in [0.5, 0.6) is 5.75 Å². The van der Waals surface area contributed by atoms with Crippen LogP contribution in [0.2, 0.25) is 0 Å². The van der Waals surface area contributed by atoms with Gasteiger partial charge < -0.3 is 18.9 Å². The van der Waals surface area contributed by atoms with Crippen LogP contribution in [-0.4, -0.2) is 45.6 Å². The molecule has 0 fully saturated rings. The molecule has 1 rings (SSSR count). The van der Waals surface area contributed by atoms with Crippen LogP contribution in [-0.2, 0) is 19.0 Å². The van der Waals surface area contributed by atoms with Crippen LogP contribution in [0.3, 0.4) is 0 Å². The SMILES string of the molecule is CCCCCCC(=O)OCCOCCOCCOc1ccccc1. The van der Waals surface area contributed by atoms with Gasteiger partial charge in [-0.2, -0.15) is 0 Å². The molecule has 0 aromatic heterocycles. The van der Waals surface area contributed by atoms with Crippen LogP contribution in [0.15, 0.2) is 30.3 Å². The van der Waals surface area contributed by atoms with Crippen LogP contribution in [0, 0.1) is 0 Å². The van der Waals surface area contributed by atoms with E-state index in [0.717, 1.165) is 18.6 Å². The number of hydrogen-bond donors (Lipinski definition) is 0. The molecule has 0 unspecified atom stereocenters. The third-order valence-corrected chi connectivity index (χ3v) is 3.34. The summed E-state index contributed by atoms with van der Waals surface area (Å²) in [5.74, 6) is 0.706. The van der Waals surface area contributed by atoms with E-state index in [1.165, 1.54) is 12.8 Å². The van der Waals surface area contributed by atoms with Crippen molar-refractivity contribution in [2.45, 2.75) is 39.0 Å². The fourth-order valence-electron chi connectivity index (χ4n) is 2.04. The number of carbonyl (C=O) groups excluding carboxylic acids is 1. The van der Waals surface area contributed by atoms with Gasteiger partial charge in [-0.25, -0.2) is 0 Å². The second-order valence-corrected chi connectivity index (χ2v) is 5.42. The first-order valence-electron chi connectivity index (χ1n) is 8.82. The lowest BCUT2D eigenvalue weighted by molar-refractivity contribution is -0.145. The second-order valence-electron chi connectivity index (χ2n) is 5.42. The number of rotatable bonds is 15. The lowest BCUT2D eigenvalue weighted by Crippen LogP contribution is -2.14. The number of benzene rings is 1. The lowest BCUT2D eigenvalue weighted by Gasteiger charge is -2.08. The molecular formula is C19H30O5. The summed E-state index contributed by atoms with van der Waals surface area (Å²) in [4.78, 5) is 11.4. The number of unbranched alkanes of at least 4 members (excludes halogenated alkanes) is 3. The summed E-state index contributed by atoms with van der Waals surface area (Å²) in [6.45, 7) is 4.89. The Hall–Kier alpha value is -1.59. The van der Waals surface area contributed by atoms with Crippen molar-refractivity contribution in [3.8, 4) is 5.75 Å². The maximum absolute atomic E-state index is 11.4. The maximum Gasteiger partial charge on any atom is 0.305 e. The van der Waals surface area contributed by atoms with E-state index in [0.29, 0.717) is 46.1 Å². The molecule has 0 saturated carbocycles. The molecular weight excluding hydrogens is 308 g/mol. The molecule has 0 aliphatic heterocycles. The van der Waals surface area contributed by atoms with E-state index < -0.39 is 0 Å². The van der Waals surface area contributed by atoms with Crippen LogP contribution in [0.1, 0.15) is 39.0 Å². The van der Waals surface area contributed by atoms with E-state index in [4.69, 9.17) is 18.9 Å². The van der Waals surface area contributed by atoms with E-state index in [9.17, 15) is 4.79 Å². The van der Waals surface area contributed by atoms with Gasteiger partial charge in [-0.15, -0.1) is 0 Å². The Bertz CT molecular complexity index is 407. The fraction of sp³-hybridized carbons (Fsp3) is 0.632. The minimum absolute atomic E-state index is 0.135. The average Bonchev–Trinajstić information content (AvgIpc) is 2.61. The smallest absolute Gasteiger partial charge is 0.305 e. The molecule has 24 heavy (non-hydrogen) atoms. The van der Waals surface area contributed by atoms with Gasteiger partial charge in [0.1, 0.15) is 19.0 Å². The maximum atomic E-state index is 11.4. The molecule has 0 amide bonds. The second kappa shape index (κ2) is 15.0. The van der Waals surface area contributed by atoms with Gasteiger partial charge in [-0.1, -0.05) is 44.4 Å². The summed E-state index contributed by atoms with van der Waals surface area (Å²) in [5, 5.41) is 0. The van der Waals surface area contributed by atoms with Crippen molar-refractivity contribution in [3.63, 3.8) is 0 Å². The molecule has 136 valence electrons. The van der Waals surface area contributed by atoms with Crippen molar-refractivity contribution in [3.05, 3.63) is 30.3 Å². The van der Waals surface area contributed by atoms with E-state index in [1.807, 2.05) is 30.3 Å². The van der Waals surface area contributed by atoms with Crippen molar-refractivity contribution in [2.75, 3.05) is 39.6 Å². The monoisotopic (exact) mass is 338 g/mol. The van der Waals surface area contributed by atoms with Crippen molar-refractivity contribution in [2.24, 2.45) is 0 Å². The average molecular weight is 338 g/mol. The molecule has 0 saturated heterocycles. The lowest BCUT2D eigenvalue weighted by atomic mass is 10.2. The first kappa shape index (κ1) is 20.5. The Morgan fingerprint density at radius 3 is 2.21 bits per heavy atom. The van der Waals surface area contributed by atoms with Crippen molar-refractivity contribution in [1.29, 1.82) is 0 Å². The summed E-state index contributed by atoms with van der Waals surface area (Å²) in [7, 11) is 0. The Morgan fingerprint density at radius 2 is 1.50 bits per heavy atom. The zero-order valence-electron chi connectivity index (χ0n) is 14.7. The van der Waals surface area contributed by atoms with Gasteiger partial charge in [0.25, 0.3) is 0 Å². The minimum atomic E-state index is -0.135. The Kier molecular flexibility index (Phi) is 12.8. The van der Waals surface area contributed by atoms with Gasteiger partial charge in [0.2, 0.25) is 0 Å².